The van der Waals surface area contributed by atoms with E-state index in [9.17, 15) is 9.90 Å². The van der Waals surface area contributed by atoms with E-state index in [4.69, 9.17) is 16.3 Å². The highest BCUT2D eigenvalue weighted by molar-refractivity contribution is 6.33. The van der Waals surface area contributed by atoms with Crippen molar-refractivity contribution in [1.29, 1.82) is 0 Å². The molecule has 4 nitrogen and oxygen atoms in total. The molecule has 0 fully saturated rings. The molecule has 1 amide bonds. The van der Waals surface area contributed by atoms with Gasteiger partial charge < -0.3 is 15.2 Å². The molecule has 0 unspecified atom stereocenters. The van der Waals surface area contributed by atoms with E-state index in [-0.39, 0.29) is 11.7 Å². The highest BCUT2D eigenvalue weighted by atomic mass is 35.5. The van der Waals surface area contributed by atoms with Crippen LogP contribution in [-0.2, 0) is 6.54 Å². The second-order valence-electron chi connectivity index (χ2n) is 4.17. The minimum absolute atomic E-state index is 0.0636. The molecule has 2 N–H and O–H groups in total. The van der Waals surface area contributed by atoms with Crippen LogP contribution < -0.4 is 10.1 Å². The molecule has 0 saturated heterocycles. The summed E-state index contributed by atoms with van der Waals surface area (Å²) in [5, 5.41) is 12.7. The van der Waals surface area contributed by atoms with Gasteiger partial charge in [0, 0.05) is 6.54 Å². The van der Waals surface area contributed by atoms with Gasteiger partial charge in [0.2, 0.25) is 0 Å². The van der Waals surface area contributed by atoms with Gasteiger partial charge in [-0.2, -0.15) is 0 Å². The monoisotopic (exact) mass is 291 g/mol. The summed E-state index contributed by atoms with van der Waals surface area (Å²) in [5.41, 5.74) is 1.25. The van der Waals surface area contributed by atoms with E-state index in [0.717, 1.165) is 5.56 Å². The third kappa shape index (κ3) is 3.22. The molecule has 0 aliphatic heterocycles. The van der Waals surface area contributed by atoms with E-state index in [2.05, 4.69) is 5.32 Å². The van der Waals surface area contributed by atoms with Crippen LogP contribution in [0.3, 0.4) is 0 Å². The van der Waals surface area contributed by atoms with Crippen LogP contribution in [0.1, 0.15) is 15.9 Å². The lowest BCUT2D eigenvalue weighted by Gasteiger charge is -2.09. The van der Waals surface area contributed by atoms with Crippen molar-refractivity contribution in [2.75, 3.05) is 7.11 Å². The van der Waals surface area contributed by atoms with Crippen LogP contribution in [0.15, 0.2) is 42.5 Å². The number of carbonyl (C=O) groups is 1. The van der Waals surface area contributed by atoms with Crippen molar-refractivity contribution in [3.05, 3.63) is 58.6 Å². The summed E-state index contributed by atoms with van der Waals surface area (Å²) in [6, 6.07) is 11.8. The minimum Gasteiger partial charge on any atom is -0.504 e. The van der Waals surface area contributed by atoms with E-state index in [1.807, 2.05) is 0 Å². The maximum atomic E-state index is 12.0. The van der Waals surface area contributed by atoms with E-state index < -0.39 is 0 Å². The third-order valence-electron chi connectivity index (χ3n) is 2.82. The number of amides is 1. The summed E-state index contributed by atoms with van der Waals surface area (Å²) >= 11 is 5.96. The van der Waals surface area contributed by atoms with Crippen molar-refractivity contribution in [2.24, 2.45) is 0 Å². The normalized spacial score (nSPS) is 10.1. The first-order valence-corrected chi connectivity index (χ1v) is 6.38. The van der Waals surface area contributed by atoms with Crippen molar-refractivity contribution in [2.45, 2.75) is 6.54 Å². The average Bonchev–Trinajstić information content (AvgIpc) is 2.46. The molecule has 104 valence electrons. The van der Waals surface area contributed by atoms with Gasteiger partial charge in [-0.1, -0.05) is 29.8 Å². The van der Waals surface area contributed by atoms with Crippen molar-refractivity contribution in [1.82, 2.24) is 5.32 Å². The molecule has 0 heterocycles. The Labute approximate surface area is 122 Å². The molecule has 0 aliphatic rings. The summed E-state index contributed by atoms with van der Waals surface area (Å²) in [6.45, 7) is 0.320. The smallest absolute Gasteiger partial charge is 0.253 e. The Kier molecular flexibility index (Phi) is 4.48. The number of hydrogen-bond acceptors (Lipinski definition) is 3. The fourth-order valence-corrected chi connectivity index (χ4v) is 1.98. The highest BCUT2D eigenvalue weighted by Crippen LogP contribution is 2.26. The maximum absolute atomic E-state index is 12.0. The topological polar surface area (TPSA) is 58.6 Å². The molecular weight excluding hydrogens is 278 g/mol. The molecule has 0 radical (unpaired) electrons. The Morgan fingerprint density at radius 1 is 1.30 bits per heavy atom. The minimum atomic E-state index is -0.248. The maximum Gasteiger partial charge on any atom is 0.253 e. The fraction of sp³-hybridized carbons (Fsp3) is 0.133. The van der Waals surface area contributed by atoms with Gasteiger partial charge in [-0.3, -0.25) is 4.79 Å². The highest BCUT2D eigenvalue weighted by Gasteiger charge is 2.09. The Hall–Kier alpha value is -2.20. The van der Waals surface area contributed by atoms with E-state index in [1.54, 1.807) is 36.4 Å². The summed E-state index contributed by atoms with van der Waals surface area (Å²) in [7, 11) is 1.47. The summed E-state index contributed by atoms with van der Waals surface area (Å²) in [4.78, 5) is 12.0. The molecule has 0 aromatic heterocycles. The standard InChI is InChI=1S/C15H14ClNO3/c1-20-14-8-10(6-7-13(14)18)9-17-15(19)11-4-2-3-5-12(11)16/h2-8,18H,9H2,1H3,(H,17,19). The van der Waals surface area contributed by atoms with Crippen LogP contribution >= 0.6 is 11.6 Å². The number of carbonyl (C=O) groups excluding carboxylic acids is 1. The second kappa shape index (κ2) is 6.30. The number of ether oxygens (including phenoxy) is 1. The Balaban J connectivity index is 2.06. The molecule has 0 saturated carbocycles. The van der Waals surface area contributed by atoms with Gasteiger partial charge in [0.1, 0.15) is 0 Å². The molecular formula is C15H14ClNO3. The predicted octanol–water partition coefficient (Wildman–Crippen LogP) is 2.98. The van der Waals surface area contributed by atoms with E-state index in [0.29, 0.717) is 22.9 Å². The van der Waals surface area contributed by atoms with Crippen molar-refractivity contribution < 1.29 is 14.6 Å². The lowest BCUT2D eigenvalue weighted by Crippen LogP contribution is -2.23. The molecule has 0 spiro atoms. The van der Waals surface area contributed by atoms with Crippen molar-refractivity contribution >= 4 is 17.5 Å². The summed E-state index contributed by atoms with van der Waals surface area (Å²) in [5.74, 6) is 0.186. The summed E-state index contributed by atoms with van der Waals surface area (Å²) < 4.78 is 5.01. The third-order valence-corrected chi connectivity index (χ3v) is 3.15. The molecule has 0 aliphatic carbocycles. The zero-order chi connectivity index (χ0) is 14.5. The Bertz CT molecular complexity index is 628. The molecule has 2 rings (SSSR count). The number of phenolic OH excluding ortho intramolecular Hbond substituents is 1. The van der Waals surface area contributed by atoms with Gasteiger partial charge in [-0.05, 0) is 29.8 Å². The van der Waals surface area contributed by atoms with Gasteiger partial charge >= 0.3 is 0 Å². The number of rotatable bonds is 4. The van der Waals surface area contributed by atoms with Crippen LogP contribution in [0, 0.1) is 0 Å². The SMILES string of the molecule is COc1cc(CNC(=O)c2ccccc2Cl)ccc1O. The van der Waals surface area contributed by atoms with Crippen LogP contribution in [-0.4, -0.2) is 18.1 Å². The Morgan fingerprint density at radius 3 is 2.75 bits per heavy atom. The Morgan fingerprint density at radius 2 is 2.05 bits per heavy atom. The van der Waals surface area contributed by atoms with E-state index >= 15 is 0 Å². The van der Waals surface area contributed by atoms with Crippen molar-refractivity contribution in [3.63, 3.8) is 0 Å². The van der Waals surface area contributed by atoms with Crippen molar-refractivity contribution in [3.8, 4) is 11.5 Å². The lowest BCUT2D eigenvalue weighted by molar-refractivity contribution is 0.0951. The van der Waals surface area contributed by atoms with Gasteiger partial charge in [0.15, 0.2) is 11.5 Å². The first kappa shape index (κ1) is 14.2. The van der Waals surface area contributed by atoms with Gasteiger partial charge in [0.25, 0.3) is 5.91 Å². The zero-order valence-corrected chi connectivity index (χ0v) is 11.6. The van der Waals surface area contributed by atoms with Crippen LogP contribution in [0.2, 0.25) is 5.02 Å². The van der Waals surface area contributed by atoms with E-state index in [1.165, 1.54) is 13.2 Å². The zero-order valence-electron chi connectivity index (χ0n) is 10.9. The number of nitrogens with one attached hydrogen (secondary N) is 1. The number of halogens is 1. The number of hydrogen-bond donors (Lipinski definition) is 2. The largest absolute Gasteiger partial charge is 0.504 e. The molecule has 0 atom stereocenters. The van der Waals surface area contributed by atoms with Gasteiger partial charge in [-0.15, -0.1) is 0 Å². The first-order valence-electron chi connectivity index (χ1n) is 6.00. The van der Waals surface area contributed by atoms with Crippen LogP contribution in [0.25, 0.3) is 0 Å². The quantitative estimate of drug-likeness (QED) is 0.910. The van der Waals surface area contributed by atoms with Gasteiger partial charge in [0.05, 0.1) is 17.7 Å². The molecule has 20 heavy (non-hydrogen) atoms. The predicted molar refractivity (Wildman–Crippen MR) is 77.3 cm³/mol. The fourth-order valence-electron chi connectivity index (χ4n) is 1.75. The van der Waals surface area contributed by atoms with Crippen LogP contribution in [0.4, 0.5) is 0 Å². The molecule has 2 aromatic carbocycles. The molecule has 5 heteroatoms. The number of benzene rings is 2. The van der Waals surface area contributed by atoms with Crippen LogP contribution in [0.5, 0.6) is 11.5 Å². The number of methoxy groups -OCH3 is 1. The second-order valence-corrected chi connectivity index (χ2v) is 4.58. The lowest BCUT2D eigenvalue weighted by atomic mass is 10.1. The molecule has 2 aromatic rings. The summed E-state index contributed by atoms with van der Waals surface area (Å²) in [6.07, 6.45) is 0. The number of phenols is 1. The average molecular weight is 292 g/mol. The first-order chi connectivity index (χ1) is 9.61. The number of aromatic hydroxyl groups is 1. The molecule has 0 bridgehead atoms. The van der Waals surface area contributed by atoms with Gasteiger partial charge in [-0.25, -0.2) is 0 Å².